The third-order valence-electron chi connectivity index (χ3n) is 2.54. The van der Waals surface area contributed by atoms with Gasteiger partial charge in [-0.05, 0) is 5.56 Å². The lowest BCUT2D eigenvalue weighted by atomic mass is 10.1. The predicted octanol–water partition coefficient (Wildman–Crippen LogP) is 1.37. The van der Waals surface area contributed by atoms with E-state index in [1.54, 1.807) is 0 Å². The number of hydrogen-bond acceptors (Lipinski definition) is 5. The molecule has 0 saturated heterocycles. The summed E-state index contributed by atoms with van der Waals surface area (Å²) in [6, 6.07) is 9.38. The van der Waals surface area contributed by atoms with E-state index in [2.05, 4.69) is 10.5 Å². The van der Waals surface area contributed by atoms with Gasteiger partial charge < -0.3 is 14.7 Å². The minimum atomic E-state index is -1.49. The Morgan fingerprint density at radius 1 is 1.32 bits per heavy atom. The molecule has 1 aromatic carbocycles. The summed E-state index contributed by atoms with van der Waals surface area (Å²) in [5.41, 5.74) is 1.56. The fourth-order valence-corrected chi connectivity index (χ4v) is 1.60. The van der Waals surface area contributed by atoms with Gasteiger partial charge in [-0.2, -0.15) is 0 Å². The van der Waals surface area contributed by atoms with Crippen LogP contribution in [0.4, 0.5) is 5.88 Å². The molecule has 0 spiro atoms. The number of aliphatic hydroxyl groups excluding tert-OH is 1. The molecule has 0 unspecified atom stereocenters. The number of anilines is 1. The van der Waals surface area contributed by atoms with Gasteiger partial charge in [-0.25, -0.2) is 0 Å². The average molecular weight is 262 g/mol. The summed E-state index contributed by atoms with van der Waals surface area (Å²) in [7, 11) is 0. The summed E-state index contributed by atoms with van der Waals surface area (Å²) in [4.78, 5) is 11.6. The zero-order valence-corrected chi connectivity index (χ0v) is 10.1. The van der Waals surface area contributed by atoms with E-state index < -0.39 is 6.29 Å². The number of carbonyl (C=O) groups is 1. The molecular formula is C13H14N2O4. The van der Waals surface area contributed by atoms with Gasteiger partial charge in [0.25, 0.3) is 0 Å². The van der Waals surface area contributed by atoms with Crippen LogP contribution in [0.5, 0.6) is 0 Å². The van der Waals surface area contributed by atoms with Crippen LogP contribution in [0.15, 0.2) is 41.1 Å². The maximum atomic E-state index is 11.6. The van der Waals surface area contributed by atoms with Crippen LogP contribution in [0.1, 0.15) is 12.8 Å². The van der Waals surface area contributed by atoms with Crippen LogP contribution in [0, 0.1) is 0 Å². The Morgan fingerprint density at radius 2 is 2.05 bits per heavy atom. The molecule has 1 amide bonds. The largest absolute Gasteiger partial charge is 0.368 e. The Morgan fingerprint density at radius 3 is 2.74 bits per heavy atom. The number of aliphatic hydroxyl groups is 2. The summed E-state index contributed by atoms with van der Waals surface area (Å²) >= 11 is 0. The second-order valence-electron chi connectivity index (χ2n) is 4.00. The maximum absolute atomic E-state index is 11.6. The van der Waals surface area contributed by atoms with Gasteiger partial charge in [0.05, 0.1) is 11.8 Å². The van der Waals surface area contributed by atoms with Gasteiger partial charge in [0, 0.05) is 12.8 Å². The first-order valence-corrected chi connectivity index (χ1v) is 5.83. The zero-order chi connectivity index (χ0) is 13.7. The second kappa shape index (κ2) is 6.12. The molecule has 1 heterocycles. The Kier molecular flexibility index (Phi) is 4.27. The minimum Gasteiger partial charge on any atom is -0.368 e. The van der Waals surface area contributed by atoms with Gasteiger partial charge in [0.2, 0.25) is 11.8 Å². The van der Waals surface area contributed by atoms with Crippen molar-refractivity contribution in [2.75, 3.05) is 5.32 Å². The monoisotopic (exact) mass is 262 g/mol. The summed E-state index contributed by atoms with van der Waals surface area (Å²) in [6.45, 7) is 0. The predicted molar refractivity (Wildman–Crippen MR) is 68.0 cm³/mol. The van der Waals surface area contributed by atoms with E-state index in [-0.39, 0.29) is 24.6 Å². The molecule has 0 saturated carbocycles. The summed E-state index contributed by atoms with van der Waals surface area (Å²) in [5.74, 6) is -0.106. The maximum Gasteiger partial charge on any atom is 0.239 e. The number of hydrogen-bond donors (Lipinski definition) is 3. The molecule has 0 fully saturated rings. The number of rotatable bonds is 5. The molecule has 2 rings (SSSR count). The van der Waals surface area contributed by atoms with Crippen molar-refractivity contribution in [3.8, 4) is 11.1 Å². The standard InChI is InChI=1S/C13H14N2O4/c16-11(6-7-12(17)18)15-13-10(8-14-19-13)9-4-2-1-3-5-9/h1-5,8,12,17-18H,6-7H2,(H,15,16). The van der Waals surface area contributed by atoms with Gasteiger partial charge in [-0.3, -0.25) is 10.1 Å². The van der Waals surface area contributed by atoms with E-state index in [0.717, 1.165) is 5.56 Å². The van der Waals surface area contributed by atoms with E-state index in [4.69, 9.17) is 14.7 Å². The smallest absolute Gasteiger partial charge is 0.239 e. The third kappa shape index (κ3) is 3.64. The molecule has 3 N–H and O–H groups in total. The first-order valence-electron chi connectivity index (χ1n) is 5.83. The average Bonchev–Trinajstić information content (AvgIpc) is 2.85. The van der Waals surface area contributed by atoms with Crippen LogP contribution < -0.4 is 5.32 Å². The van der Waals surface area contributed by atoms with Crippen LogP contribution in [0.25, 0.3) is 11.1 Å². The zero-order valence-electron chi connectivity index (χ0n) is 10.1. The van der Waals surface area contributed by atoms with E-state index in [1.807, 2.05) is 30.3 Å². The lowest BCUT2D eigenvalue weighted by molar-refractivity contribution is -0.118. The van der Waals surface area contributed by atoms with Crippen molar-refractivity contribution < 1.29 is 19.5 Å². The quantitative estimate of drug-likeness (QED) is 0.707. The fourth-order valence-electron chi connectivity index (χ4n) is 1.60. The van der Waals surface area contributed by atoms with Gasteiger partial charge in [-0.15, -0.1) is 0 Å². The van der Waals surface area contributed by atoms with Crippen molar-refractivity contribution >= 4 is 11.8 Å². The molecule has 100 valence electrons. The van der Waals surface area contributed by atoms with Crippen LogP contribution in [0.2, 0.25) is 0 Å². The van der Waals surface area contributed by atoms with Gasteiger partial charge >= 0.3 is 0 Å². The lowest BCUT2D eigenvalue weighted by Crippen LogP contribution is -2.15. The molecule has 6 nitrogen and oxygen atoms in total. The SMILES string of the molecule is O=C(CCC(O)O)Nc1oncc1-c1ccccc1. The number of benzene rings is 1. The highest BCUT2D eigenvalue weighted by Gasteiger charge is 2.13. The van der Waals surface area contributed by atoms with Crippen molar-refractivity contribution in [1.82, 2.24) is 5.16 Å². The number of aromatic nitrogens is 1. The molecular weight excluding hydrogens is 248 g/mol. The van der Waals surface area contributed by atoms with E-state index in [1.165, 1.54) is 6.20 Å². The van der Waals surface area contributed by atoms with Gasteiger partial charge in [0.15, 0.2) is 6.29 Å². The Balaban J connectivity index is 2.06. The molecule has 0 radical (unpaired) electrons. The molecule has 1 aromatic heterocycles. The van der Waals surface area contributed by atoms with Crippen molar-refractivity contribution in [1.29, 1.82) is 0 Å². The molecule has 6 heteroatoms. The van der Waals surface area contributed by atoms with Crippen molar-refractivity contribution in [3.63, 3.8) is 0 Å². The third-order valence-corrected chi connectivity index (χ3v) is 2.54. The fraction of sp³-hybridized carbons (Fsp3) is 0.231. The Labute approximate surface area is 109 Å². The molecule has 0 aliphatic carbocycles. The molecule has 0 aliphatic rings. The highest BCUT2D eigenvalue weighted by Crippen LogP contribution is 2.27. The highest BCUT2D eigenvalue weighted by atomic mass is 16.5. The molecule has 0 aliphatic heterocycles. The van der Waals surface area contributed by atoms with Crippen molar-refractivity contribution in [2.45, 2.75) is 19.1 Å². The van der Waals surface area contributed by atoms with Crippen LogP contribution in [-0.4, -0.2) is 27.6 Å². The topological polar surface area (TPSA) is 95.6 Å². The first kappa shape index (κ1) is 13.3. The normalized spacial score (nSPS) is 10.7. The Hall–Kier alpha value is -2.18. The highest BCUT2D eigenvalue weighted by molar-refractivity contribution is 5.93. The number of nitrogens with zero attached hydrogens (tertiary/aromatic N) is 1. The molecule has 2 aromatic rings. The lowest BCUT2D eigenvalue weighted by Gasteiger charge is -2.05. The summed E-state index contributed by atoms with van der Waals surface area (Å²) in [5, 5.41) is 23.6. The van der Waals surface area contributed by atoms with Crippen molar-refractivity contribution in [3.05, 3.63) is 36.5 Å². The minimum absolute atomic E-state index is 0.00734. The second-order valence-corrected chi connectivity index (χ2v) is 4.00. The van der Waals surface area contributed by atoms with E-state index >= 15 is 0 Å². The van der Waals surface area contributed by atoms with Gasteiger partial charge in [0.1, 0.15) is 0 Å². The molecule has 0 bridgehead atoms. The van der Waals surface area contributed by atoms with E-state index in [9.17, 15) is 4.79 Å². The summed E-state index contributed by atoms with van der Waals surface area (Å²) in [6.07, 6.45) is -0.00641. The molecule has 0 atom stereocenters. The summed E-state index contributed by atoms with van der Waals surface area (Å²) < 4.78 is 4.99. The van der Waals surface area contributed by atoms with Crippen LogP contribution >= 0.6 is 0 Å². The number of nitrogens with one attached hydrogen (secondary N) is 1. The van der Waals surface area contributed by atoms with Gasteiger partial charge in [-0.1, -0.05) is 35.5 Å². The van der Waals surface area contributed by atoms with Crippen LogP contribution in [-0.2, 0) is 4.79 Å². The number of amides is 1. The number of carbonyl (C=O) groups excluding carboxylic acids is 1. The van der Waals surface area contributed by atoms with Crippen LogP contribution in [0.3, 0.4) is 0 Å². The Bertz CT molecular complexity index is 537. The van der Waals surface area contributed by atoms with E-state index in [0.29, 0.717) is 5.56 Å². The van der Waals surface area contributed by atoms with Crippen molar-refractivity contribution in [2.24, 2.45) is 0 Å². The first-order chi connectivity index (χ1) is 9.16. The molecule has 19 heavy (non-hydrogen) atoms.